The van der Waals surface area contributed by atoms with Gasteiger partial charge in [0.05, 0.1) is 12.5 Å². The summed E-state index contributed by atoms with van der Waals surface area (Å²) in [5.41, 5.74) is 0. The highest BCUT2D eigenvalue weighted by Crippen LogP contribution is 2.40. The van der Waals surface area contributed by atoms with Gasteiger partial charge in [-0.1, -0.05) is 12.8 Å². The summed E-state index contributed by atoms with van der Waals surface area (Å²) in [5.74, 6) is -0.569. The number of carbonyl (C=O) groups is 2. The van der Waals surface area contributed by atoms with E-state index in [1.807, 2.05) is 6.92 Å². The number of carbonyl (C=O) groups excluding carboxylic acids is 1. The lowest BCUT2D eigenvalue weighted by atomic mass is 9.84. The molecule has 2 aliphatic rings. The first-order chi connectivity index (χ1) is 9.04. The van der Waals surface area contributed by atoms with Gasteiger partial charge in [-0.15, -0.1) is 0 Å². The number of ether oxygens (including phenoxy) is 1. The van der Waals surface area contributed by atoms with Gasteiger partial charge in [0.25, 0.3) is 0 Å². The van der Waals surface area contributed by atoms with Crippen molar-refractivity contribution in [1.82, 2.24) is 4.90 Å². The Labute approximate surface area is 113 Å². The minimum Gasteiger partial charge on any atom is -0.480 e. The van der Waals surface area contributed by atoms with E-state index in [-0.39, 0.29) is 24.5 Å². The van der Waals surface area contributed by atoms with E-state index in [0.717, 1.165) is 25.7 Å². The van der Waals surface area contributed by atoms with Gasteiger partial charge in [0.1, 0.15) is 6.04 Å². The monoisotopic (exact) mass is 269 g/mol. The van der Waals surface area contributed by atoms with Crippen molar-refractivity contribution >= 4 is 11.9 Å². The number of aliphatic carboxylic acids is 1. The first-order valence-corrected chi connectivity index (χ1v) is 7.11. The second-order valence-electron chi connectivity index (χ2n) is 5.75. The Morgan fingerprint density at radius 1 is 1.37 bits per heavy atom. The van der Waals surface area contributed by atoms with E-state index in [1.54, 1.807) is 12.0 Å². The number of rotatable bonds is 4. The lowest BCUT2D eigenvalue weighted by Gasteiger charge is -2.33. The van der Waals surface area contributed by atoms with Crippen molar-refractivity contribution in [2.75, 3.05) is 7.11 Å². The molecule has 19 heavy (non-hydrogen) atoms. The summed E-state index contributed by atoms with van der Waals surface area (Å²) in [6.45, 7) is 1.84. The molecule has 0 aromatic rings. The van der Waals surface area contributed by atoms with Crippen LogP contribution >= 0.6 is 0 Å². The highest BCUT2D eigenvalue weighted by molar-refractivity contribution is 5.85. The van der Waals surface area contributed by atoms with E-state index in [2.05, 4.69) is 0 Å². The van der Waals surface area contributed by atoms with Crippen LogP contribution in [0.2, 0.25) is 0 Å². The molecule has 0 unspecified atom stereocenters. The van der Waals surface area contributed by atoms with Crippen molar-refractivity contribution in [2.24, 2.45) is 5.92 Å². The van der Waals surface area contributed by atoms with Crippen LogP contribution in [0, 0.1) is 5.92 Å². The van der Waals surface area contributed by atoms with Crippen molar-refractivity contribution in [3.05, 3.63) is 0 Å². The van der Waals surface area contributed by atoms with Crippen LogP contribution in [0.1, 0.15) is 45.4 Å². The summed E-state index contributed by atoms with van der Waals surface area (Å²) in [6.07, 6.45) is 4.97. The topological polar surface area (TPSA) is 66.8 Å². The molecule has 0 bridgehead atoms. The zero-order chi connectivity index (χ0) is 14.0. The van der Waals surface area contributed by atoms with Crippen molar-refractivity contribution in [1.29, 1.82) is 0 Å². The highest BCUT2D eigenvalue weighted by atomic mass is 16.5. The molecule has 1 saturated carbocycles. The van der Waals surface area contributed by atoms with Crippen molar-refractivity contribution in [3.63, 3.8) is 0 Å². The Bertz CT molecular complexity index is 357. The Morgan fingerprint density at radius 3 is 2.68 bits per heavy atom. The SMILES string of the molecule is CO[C@H](C)CC(=O)N1[C@H](C(=O)O)C[C@@H]2CCCC[C@@H]21. The fourth-order valence-corrected chi connectivity index (χ4v) is 3.47. The average Bonchev–Trinajstić information content (AvgIpc) is 2.78. The number of carboxylic acid groups (broad SMARTS) is 1. The number of methoxy groups -OCH3 is 1. The molecule has 5 heteroatoms. The van der Waals surface area contributed by atoms with Gasteiger partial charge < -0.3 is 14.7 Å². The van der Waals surface area contributed by atoms with Gasteiger partial charge in [0, 0.05) is 13.2 Å². The molecule has 2 rings (SSSR count). The molecule has 4 atom stereocenters. The van der Waals surface area contributed by atoms with Gasteiger partial charge in [-0.3, -0.25) is 4.79 Å². The fourth-order valence-electron chi connectivity index (χ4n) is 3.47. The summed E-state index contributed by atoms with van der Waals surface area (Å²) in [5, 5.41) is 9.35. The second kappa shape index (κ2) is 5.90. The summed E-state index contributed by atoms with van der Waals surface area (Å²) in [6, 6.07) is -0.504. The molecule has 108 valence electrons. The van der Waals surface area contributed by atoms with Crippen molar-refractivity contribution in [3.8, 4) is 0 Å². The maximum Gasteiger partial charge on any atom is 0.326 e. The van der Waals surface area contributed by atoms with Crippen LogP contribution in [0.3, 0.4) is 0 Å². The lowest BCUT2D eigenvalue weighted by Crippen LogP contribution is -2.47. The zero-order valence-electron chi connectivity index (χ0n) is 11.7. The Balaban J connectivity index is 2.13. The maximum atomic E-state index is 12.4. The lowest BCUT2D eigenvalue weighted by molar-refractivity contribution is -0.150. The standard InChI is InChI=1S/C14H23NO4/c1-9(19-2)7-13(16)15-11-6-4-3-5-10(11)8-12(15)14(17)18/h9-12H,3-8H2,1-2H3,(H,17,18)/t9-,10+,11+,12+/m1/s1. The molecule has 1 saturated heterocycles. The Hall–Kier alpha value is -1.10. The van der Waals surface area contributed by atoms with Crippen LogP contribution in [0.25, 0.3) is 0 Å². The van der Waals surface area contributed by atoms with E-state index >= 15 is 0 Å². The van der Waals surface area contributed by atoms with Crippen molar-refractivity contribution in [2.45, 2.75) is 63.6 Å². The van der Waals surface area contributed by atoms with E-state index in [9.17, 15) is 14.7 Å². The first-order valence-electron chi connectivity index (χ1n) is 7.11. The zero-order valence-corrected chi connectivity index (χ0v) is 11.7. The van der Waals surface area contributed by atoms with Crippen LogP contribution in [-0.4, -0.2) is 47.2 Å². The molecular formula is C14H23NO4. The van der Waals surface area contributed by atoms with Crippen LogP contribution in [0.15, 0.2) is 0 Å². The molecule has 0 spiro atoms. The Morgan fingerprint density at radius 2 is 2.05 bits per heavy atom. The van der Waals surface area contributed by atoms with E-state index in [4.69, 9.17) is 4.74 Å². The third-order valence-corrected chi connectivity index (χ3v) is 4.53. The van der Waals surface area contributed by atoms with Crippen LogP contribution < -0.4 is 0 Å². The van der Waals surface area contributed by atoms with Gasteiger partial charge in [0.2, 0.25) is 5.91 Å². The third kappa shape index (κ3) is 2.91. The second-order valence-corrected chi connectivity index (χ2v) is 5.75. The smallest absolute Gasteiger partial charge is 0.326 e. The first kappa shape index (κ1) is 14.3. The van der Waals surface area contributed by atoms with Gasteiger partial charge >= 0.3 is 5.97 Å². The van der Waals surface area contributed by atoms with E-state index in [1.165, 1.54) is 0 Å². The molecule has 1 aliphatic heterocycles. The number of hydrogen-bond donors (Lipinski definition) is 1. The summed E-state index contributed by atoms with van der Waals surface area (Å²) in [4.78, 5) is 25.4. The van der Waals surface area contributed by atoms with Gasteiger partial charge in [-0.05, 0) is 32.1 Å². The normalized spacial score (nSPS) is 31.9. The number of hydrogen-bond acceptors (Lipinski definition) is 3. The molecule has 1 N–H and O–H groups in total. The molecular weight excluding hydrogens is 246 g/mol. The number of nitrogens with zero attached hydrogens (tertiary/aromatic N) is 1. The largest absolute Gasteiger partial charge is 0.480 e. The number of carboxylic acids is 1. The fraction of sp³-hybridized carbons (Fsp3) is 0.857. The molecule has 1 aliphatic carbocycles. The molecule has 1 amide bonds. The quantitative estimate of drug-likeness (QED) is 0.842. The summed E-state index contributed by atoms with van der Waals surface area (Å²) >= 11 is 0. The Kier molecular flexibility index (Phi) is 4.45. The molecule has 0 aromatic carbocycles. The number of amides is 1. The highest BCUT2D eigenvalue weighted by Gasteiger charge is 2.47. The summed E-state index contributed by atoms with van der Waals surface area (Å²) < 4.78 is 5.12. The number of fused-ring (bicyclic) bond motifs is 1. The number of likely N-dealkylation sites (tertiary alicyclic amines) is 1. The molecule has 2 fully saturated rings. The third-order valence-electron chi connectivity index (χ3n) is 4.53. The summed E-state index contributed by atoms with van der Waals surface area (Å²) in [7, 11) is 1.57. The minimum absolute atomic E-state index is 0.0730. The van der Waals surface area contributed by atoms with Crippen LogP contribution in [0.4, 0.5) is 0 Å². The van der Waals surface area contributed by atoms with Gasteiger partial charge in [-0.2, -0.15) is 0 Å². The van der Waals surface area contributed by atoms with E-state index < -0.39 is 12.0 Å². The molecule has 0 radical (unpaired) electrons. The molecule has 1 heterocycles. The molecule has 5 nitrogen and oxygen atoms in total. The average molecular weight is 269 g/mol. The maximum absolute atomic E-state index is 12.4. The van der Waals surface area contributed by atoms with Gasteiger partial charge in [0.15, 0.2) is 0 Å². The van der Waals surface area contributed by atoms with Crippen molar-refractivity contribution < 1.29 is 19.4 Å². The van der Waals surface area contributed by atoms with Gasteiger partial charge in [-0.25, -0.2) is 4.79 Å². The minimum atomic E-state index is -0.868. The van der Waals surface area contributed by atoms with Crippen LogP contribution in [-0.2, 0) is 14.3 Å². The van der Waals surface area contributed by atoms with E-state index in [0.29, 0.717) is 12.3 Å². The predicted molar refractivity (Wildman–Crippen MR) is 69.7 cm³/mol. The van der Waals surface area contributed by atoms with Crippen LogP contribution in [0.5, 0.6) is 0 Å². The predicted octanol–water partition coefficient (Wildman–Crippen LogP) is 1.66. The molecule has 0 aromatic heterocycles.